The molecule has 3 nitrogen and oxygen atoms in total. The number of hydrogen-bond donors (Lipinski definition) is 1. The third-order valence-electron chi connectivity index (χ3n) is 5.93. The highest BCUT2D eigenvalue weighted by Crippen LogP contribution is 2.26. The van der Waals surface area contributed by atoms with Gasteiger partial charge in [0.15, 0.2) is 5.78 Å². The van der Waals surface area contributed by atoms with Crippen LogP contribution < -0.4 is 5.32 Å². The lowest BCUT2D eigenvalue weighted by atomic mass is 9.88. The highest BCUT2D eigenvalue weighted by molar-refractivity contribution is 5.98. The third kappa shape index (κ3) is 4.89. The van der Waals surface area contributed by atoms with Gasteiger partial charge < -0.3 is 5.32 Å². The van der Waals surface area contributed by atoms with Crippen molar-refractivity contribution in [2.45, 2.75) is 71.8 Å². The van der Waals surface area contributed by atoms with Gasteiger partial charge in [-0.15, -0.1) is 0 Å². The average molecular weight is 378 g/mol. The van der Waals surface area contributed by atoms with Gasteiger partial charge in [0.25, 0.3) is 0 Å². The second-order valence-corrected chi connectivity index (χ2v) is 7.99. The minimum Gasteiger partial charge on any atom is -0.349 e. The fourth-order valence-corrected chi connectivity index (χ4v) is 3.94. The molecule has 0 saturated carbocycles. The summed E-state index contributed by atoms with van der Waals surface area (Å²) in [5.41, 5.74) is 7.03. The van der Waals surface area contributed by atoms with E-state index in [1.807, 2.05) is 32.0 Å². The van der Waals surface area contributed by atoms with Crippen LogP contribution in [0.15, 0.2) is 36.4 Å². The third-order valence-corrected chi connectivity index (χ3v) is 5.93. The van der Waals surface area contributed by atoms with Crippen LogP contribution in [-0.2, 0) is 17.6 Å². The number of amides is 1. The van der Waals surface area contributed by atoms with Crippen molar-refractivity contribution in [3.63, 3.8) is 0 Å². The zero-order chi connectivity index (χ0) is 20.1. The molecule has 1 aliphatic carbocycles. The highest BCUT2D eigenvalue weighted by Gasteiger charge is 2.17. The summed E-state index contributed by atoms with van der Waals surface area (Å²) in [5.74, 6) is -0.0261. The van der Waals surface area contributed by atoms with E-state index >= 15 is 0 Å². The molecule has 3 rings (SSSR count). The van der Waals surface area contributed by atoms with Gasteiger partial charge in [0.05, 0.1) is 6.04 Å². The van der Waals surface area contributed by atoms with Crippen molar-refractivity contribution < 1.29 is 9.59 Å². The Bertz CT molecular complexity index is 869. The Morgan fingerprint density at radius 3 is 2.39 bits per heavy atom. The second kappa shape index (κ2) is 9.18. The van der Waals surface area contributed by atoms with E-state index in [1.54, 1.807) is 0 Å². The van der Waals surface area contributed by atoms with Crippen LogP contribution in [0.5, 0.6) is 0 Å². The maximum atomic E-state index is 12.5. The molecule has 0 spiro atoms. The van der Waals surface area contributed by atoms with Crippen LogP contribution in [0.1, 0.15) is 83.2 Å². The molecule has 0 bridgehead atoms. The van der Waals surface area contributed by atoms with E-state index in [0.29, 0.717) is 5.56 Å². The topological polar surface area (TPSA) is 46.2 Å². The summed E-state index contributed by atoms with van der Waals surface area (Å²) in [6.45, 7) is 6.12. The van der Waals surface area contributed by atoms with Crippen LogP contribution in [0.4, 0.5) is 0 Å². The van der Waals surface area contributed by atoms with E-state index in [0.717, 1.165) is 18.4 Å². The SMILES string of the molecule is CCC(NC(=O)CCC(=O)c1ccc(C)c(C)c1)c1ccc2c(c1)CCCC2. The fraction of sp³-hybridized carbons (Fsp3) is 0.440. The van der Waals surface area contributed by atoms with E-state index in [2.05, 4.69) is 30.4 Å². The van der Waals surface area contributed by atoms with Gasteiger partial charge in [-0.2, -0.15) is 0 Å². The van der Waals surface area contributed by atoms with Gasteiger partial charge in [0, 0.05) is 18.4 Å². The highest BCUT2D eigenvalue weighted by atomic mass is 16.2. The van der Waals surface area contributed by atoms with Crippen molar-refractivity contribution in [2.24, 2.45) is 0 Å². The monoisotopic (exact) mass is 377 g/mol. The van der Waals surface area contributed by atoms with Gasteiger partial charge in [-0.1, -0.05) is 37.3 Å². The fourth-order valence-electron chi connectivity index (χ4n) is 3.94. The average Bonchev–Trinajstić information content (AvgIpc) is 2.71. The largest absolute Gasteiger partial charge is 0.349 e. The molecule has 1 atom stereocenters. The van der Waals surface area contributed by atoms with Gasteiger partial charge in [0.2, 0.25) is 5.91 Å². The first-order valence-electron chi connectivity index (χ1n) is 10.5. The van der Waals surface area contributed by atoms with Crippen LogP contribution in [0.25, 0.3) is 0 Å². The number of aryl methyl sites for hydroxylation is 4. The van der Waals surface area contributed by atoms with Crippen LogP contribution >= 0.6 is 0 Å². The lowest BCUT2D eigenvalue weighted by Crippen LogP contribution is -2.28. The van der Waals surface area contributed by atoms with Crippen molar-refractivity contribution >= 4 is 11.7 Å². The molecular formula is C25H31NO2. The molecule has 1 aliphatic rings. The van der Waals surface area contributed by atoms with Gasteiger partial charge in [-0.05, 0) is 79.8 Å². The number of hydrogen-bond acceptors (Lipinski definition) is 2. The van der Waals surface area contributed by atoms with E-state index in [9.17, 15) is 9.59 Å². The van der Waals surface area contributed by atoms with Crippen molar-refractivity contribution in [2.75, 3.05) is 0 Å². The Morgan fingerprint density at radius 2 is 1.68 bits per heavy atom. The van der Waals surface area contributed by atoms with Crippen LogP contribution in [0.3, 0.4) is 0 Å². The van der Waals surface area contributed by atoms with Gasteiger partial charge in [-0.3, -0.25) is 9.59 Å². The van der Waals surface area contributed by atoms with E-state index in [4.69, 9.17) is 0 Å². The Labute approximate surface area is 168 Å². The molecule has 0 fully saturated rings. The number of rotatable bonds is 7. The first kappa shape index (κ1) is 20.3. The Hall–Kier alpha value is -2.42. The summed E-state index contributed by atoms with van der Waals surface area (Å²) in [4.78, 5) is 24.9. The lowest BCUT2D eigenvalue weighted by Gasteiger charge is -2.21. The zero-order valence-electron chi connectivity index (χ0n) is 17.3. The zero-order valence-corrected chi connectivity index (χ0v) is 17.3. The number of benzene rings is 2. The summed E-state index contributed by atoms with van der Waals surface area (Å²) < 4.78 is 0. The summed E-state index contributed by atoms with van der Waals surface area (Å²) in [7, 11) is 0. The van der Waals surface area contributed by atoms with Gasteiger partial charge in [0.1, 0.15) is 0 Å². The van der Waals surface area contributed by atoms with Crippen LogP contribution in [0.2, 0.25) is 0 Å². The predicted molar refractivity (Wildman–Crippen MR) is 114 cm³/mol. The van der Waals surface area contributed by atoms with E-state index in [1.165, 1.54) is 41.5 Å². The number of carbonyl (C=O) groups is 2. The Balaban J connectivity index is 1.58. The molecule has 0 saturated heterocycles. The van der Waals surface area contributed by atoms with E-state index in [-0.39, 0.29) is 30.6 Å². The molecule has 3 heteroatoms. The minimum atomic E-state index is -0.0539. The smallest absolute Gasteiger partial charge is 0.220 e. The Kier molecular flexibility index (Phi) is 6.66. The molecular weight excluding hydrogens is 346 g/mol. The molecule has 28 heavy (non-hydrogen) atoms. The van der Waals surface area contributed by atoms with Gasteiger partial charge in [-0.25, -0.2) is 0 Å². The molecule has 1 amide bonds. The number of ketones is 1. The molecule has 1 N–H and O–H groups in total. The standard InChI is InChI=1S/C25H31NO2/c1-4-23(21-12-11-19-7-5-6-8-20(19)16-21)26-25(28)14-13-24(27)22-10-9-17(2)18(3)15-22/h9-12,15-16,23H,4-8,13-14H2,1-3H3,(H,26,28). The van der Waals surface area contributed by atoms with Crippen molar-refractivity contribution in [3.05, 3.63) is 69.8 Å². The number of nitrogens with one attached hydrogen (secondary N) is 1. The molecule has 0 radical (unpaired) electrons. The summed E-state index contributed by atoms with van der Waals surface area (Å²) >= 11 is 0. The minimum absolute atomic E-state index is 0.0106. The molecule has 2 aromatic carbocycles. The predicted octanol–water partition coefficient (Wildman–Crippen LogP) is 5.41. The lowest BCUT2D eigenvalue weighted by molar-refractivity contribution is -0.121. The van der Waals surface area contributed by atoms with Crippen molar-refractivity contribution in [3.8, 4) is 0 Å². The molecule has 0 heterocycles. The number of fused-ring (bicyclic) bond motifs is 1. The first-order valence-corrected chi connectivity index (χ1v) is 10.5. The molecule has 148 valence electrons. The Morgan fingerprint density at radius 1 is 0.929 bits per heavy atom. The van der Waals surface area contributed by atoms with Crippen molar-refractivity contribution in [1.82, 2.24) is 5.32 Å². The van der Waals surface area contributed by atoms with Crippen molar-refractivity contribution in [1.29, 1.82) is 0 Å². The number of Topliss-reactive ketones (excluding diaryl/α,β-unsaturated/α-hetero) is 1. The normalized spacial score (nSPS) is 14.2. The maximum absolute atomic E-state index is 12.5. The molecule has 0 aliphatic heterocycles. The number of carbonyl (C=O) groups excluding carboxylic acids is 2. The molecule has 1 unspecified atom stereocenters. The quantitative estimate of drug-likeness (QED) is 0.656. The second-order valence-electron chi connectivity index (χ2n) is 7.99. The van der Waals surface area contributed by atoms with Crippen LogP contribution in [0, 0.1) is 13.8 Å². The maximum Gasteiger partial charge on any atom is 0.220 e. The summed E-state index contributed by atoms with van der Waals surface area (Å²) in [5, 5.41) is 3.13. The first-order chi connectivity index (χ1) is 13.5. The summed E-state index contributed by atoms with van der Waals surface area (Å²) in [6, 6.07) is 12.4. The van der Waals surface area contributed by atoms with Gasteiger partial charge >= 0.3 is 0 Å². The molecule has 0 aromatic heterocycles. The summed E-state index contributed by atoms with van der Waals surface area (Å²) in [6.07, 6.45) is 6.14. The van der Waals surface area contributed by atoms with Crippen LogP contribution in [-0.4, -0.2) is 11.7 Å². The van der Waals surface area contributed by atoms with E-state index < -0.39 is 0 Å². The molecule has 2 aromatic rings.